The van der Waals surface area contributed by atoms with E-state index in [4.69, 9.17) is 0 Å². The van der Waals surface area contributed by atoms with Crippen LogP contribution in [0.1, 0.15) is 50.4 Å². The van der Waals surface area contributed by atoms with E-state index >= 15 is 0 Å². The minimum absolute atomic E-state index is 0.300. The lowest BCUT2D eigenvalue weighted by Gasteiger charge is -2.20. The van der Waals surface area contributed by atoms with E-state index in [0.29, 0.717) is 6.04 Å². The van der Waals surface area contributed by atoms with Gasteiger partial charge in [0.05, 0.1) is 6.04 Å². The van der Waals surface area contributed by atoms with E-state index in [9.17, 15) is 0 Å². The summed E-state index contributed by atoms with van der Waals surface area (Å²) in [6.45, 7) is 8.88. The molecule has 0 radical (unpaired) electrons. The fourth-order valence-electron chi connectivity index (χ4n) is 2.44. The summed E-state index contributed by atoms with van der Waals surface area (Å²) in [6.07, 6.45) is 4.75. The number of thiophene rings is 1. The standard InChI is InChI=1S/C17H28N6S/c1-4-9-18-17(21-14(5-2)15-8-7-12-24-15)19-10-11-23-13-20-22-16(23)6-3/h7-8,12-14H,4-6,9-11H2,1-3H3,(H2,18,19,21). The first-order valence-corrected chi connectivity index (χ1v) is 9.61. The molecule has 7 heteroatoms. The van der Waals surface area contributed by atoms with Crippen LogP contribution < -0.4 is 10.6 Å². The predicted octanol–water partition coefficient (Wildman–Crippen LogP) is 3.00. The van der Waals surface area contributed by atoms with Gasteiger partial charge in [-0.2, -0.15) is 0 Å². The second kappa shape index (κ2) is 10.1. The van der Waals surface area contributed by atoms with Crippen molar-refractivity contribution in [1.82, 2.24) is 25.4 Å². The zero-order chi connectivity index (χ0) is 17.2. The number of nitrogens with zero attached hydrogens (tertiary/aromatic N) is 4. The molecule has 1 atom stereocenters. The first-order valence-electron chi connectivity index (χ1n) is 8.73. The number of aromatic nitrogens is 3. The Labute approximate surface area is 148 Å². The Morgan fingerprint density at radius 3 is 2.92 bits per heavy atom. The highest BCUT2D eigenvalue weighted by Gasteiger charge is 2.12. The van der Waals surface area contributed by atoms with Crippen molar-refractivity contribution in [1.29, 1.82) is 0 Å². The van der Waals surface area contributed by atoms with Crippen LogP contribution in [0.3, 0.4) is 0 Å². The maximum atomic E-state index is 4.66. The van der Waals surface area contributed by atoms with Gasteiger partial charge in [0, 0.05) is 30.9 Å². The quantitative estimate of drug-likeness (QED) is 0.540. The Hall–Kier alpha value is -1.89. The SMILES string of the molecule is CCCN=C(NCCn1cnnc1CC)NC(CC)c1cccs1. The monoisotopic (exact) mass is 348 g/mol. The van der Waals surface area contributed by atoms with Crippen LogP contribution in [-0.4, -0.2) is 33.8 Å². The number of nitrogens with one attached hydrogen (secondary N) is 2. The van der Waals surface area contributed by atoms with Crippen molar-refractivity contribution in [3.05, 3.63) is 34.5 Å². The fourth-order valence-corrected chi connectivity index (χ4v) is 3.30. The number of rotatable bonds is 9. The smallest absolute Gasteiger partial charge is 0.191 e. The lowest BCUT2D eigenvalue weighted by molar-refractivity contribution is 0.595. The number of aliphatic imine (C=N–C) groups is 1. The van der Waals surface area contributed by atoms with Gasteiger partial charge in [0.15, 0.2) is 5.96 Å². The summed E-state index contributed by atoms with van der Waals surface area (Å²) >= 11 is 1.78. The average Bonchev–Trinajstić information content (AvgIpc) is 3.28. The molecule has 0 aliphatic carbocycles. The Bertz CT molecular complexity index is 604. The van der Waals surface area contributed by atoms with Crippen molar-refractivity contribution < 1.29 is 0 Å². The van der Waals surface area contributed by atoms with Gasteiger partial charge < -0.3 is 15.2 Å². The summed E-state index contributed by atoms with van der Waals surface area (Å²) < 4.78 is 2.08. The van der Waals surface area contributed by atoms with Crippen molar-refractivity contribution >= 4 is 17.3 Å². The van der Waals surface area contributed by atoms with Crippen molar-refractivity contribution in [3.8, 4) is 0 Å². The van der Waals surface area contributed by atoms with Crippen LogP contribution in [-0.2, 0) is 13.0 Å². The van der Waals surface area contributed by atoms with E-state index in [1.807, 2.05) is 0 Å². The van der Waals surface area contributed by atoms with Crippen molar-refractivity contribution in [2.24, 2.45) is 4.99 Å². The van der Waals surface area contributed by atoms with E-state index in [1.54, 1.807) is 17.7 Å². The number of hydrogen-bond acceptors (Lipinski definition) is 4. The van der Waals surface area contributed by atoms with Crippen molar-refractivity contribution in [3.63, 3.8) is 0 Å². The number of guanidine groups is 1. The third-order valence-corrected chi connectivity index (χ3v) is 4.74. The first kappa shape index (κ1) is 18.4. The molecule has 6 nitrogen and oxygen atoms in total. The topological polar surface area (TPSA) is 67.1 Å². The summed E-state index contributed by atoms with van der Waals surface area (Å²) in [4.78, 5) is 6.00. The molecule has 0 saturated heterocycles. The van der Waals surface area contributed by atoms with Crippen LogP contribution in [0, 0.1) is 0 Å². The molecule has 24 heavy (non-hydrogen) atoms. The maximum Gasteiger partial charge on any atom is 0.191 e. The summed E-state index contributed by atoms with van der Waals surface area (Å²) in [6, 6.07) is 4.57. The van der Waals surface area contributed by atoms with Crippen LogP contribution in [0.4, 0.5) is 0 Å². The lowest BCUT2D eigenvalue weighted by Crippen LogP contribution is -2.40. The summed E-state index contributed by atoms with van der Waals surface area (Å²) in [7, 11) is 0. The molecule has 1 unspecified atom stereocenters. The first-order chi connectivity index (χ1) is 11.8. The largest absolute Gasteiger partial charge is 0.355 e. The second-order valence-electron chi connectivity index (χ2n) is 5.57. The van der Waals surface area contributed by atoms with E-state index < -0.39 is 0 Å². The van der Waals surface area contributed by atoms with Gasteiger partial charge in [-0.25, -0.2) is 0 Å². The van der Waals surface area contributed by atoms with Gasteiger partial charge in [0.2, 0.25) is 0 Å². The van der Waals surface area contributed by atoms with Crippen LogP contribution >= 0.6 is 11.3 Å². The van der Waals surface area contributed by atoms with Crippen LogP contribution in [0.25, 0.3) is 0 Å². The van der Waals surface area contributed by atoms with Gasteiger partial charge in [0.1, 0.15) is 12.2 Å². The normalized spacial score (nSPS) is 13.0. The van der Waals surface area contributed by atoms with Gasteiger partial charge in [-0.15, -0.1) is 21.5 Å². The van der Waals surface area contributed by atoms with Crippen molar-refractivity contribution in [2.75, 3.05) is 13.1 Å². The van der Waals surface area contributed by atoms with Gasteiger partial charge in [-0.1, -0.05) is 26.8 Å². The summed E-state index contributed by atoms with van der Waals surface area (Å²) in [5.74, 6) is 1.89. The number of hydrogen-bond donors (Lipinski definition) is 2. The average molecular weight is 349 g/mol. The molecule has 132 valence electrons. The van der Waals surface area contributed by atoms with Crippen LogP contribution in [0.2, 0.25) is 0 Å². The Kier molecular flexibility index (Phi) is 7.74. The molecule has 2 N–H and O–H groups in total. The number of aryl methyl sites for hydroxylation is 1. The highest BCUT2D eigenvalue weighted by molar-refractivity contribution is 7.10. The molecule has 0 aromatic carbocycles. The molecule has 0 amide bonds. The van der Waals surface area contributed by atoms with Gasteiger partial charge in [0.25, 0.3) is 0 Å². The molecule has 0 spiro atoms. The van der Waals surface area contributed by atoms with Gasteiger partial charge in [-0.05, 0) is 24.3 Å². The molecule has 0 saturated carbocycles. The van der Waals surface area contributed by atoms with E-state index in [0.717, 1.165) is 50.7 Å². The molecule has 2 aromatic heterocycles. The Balaban J connectivity index is 1.93. The van der Waals surface area contributed by atoms with Crippen molar-refractivity contribution in [2.45, 2.75) is 52.6 Å². The highest BCUT2D eigenvalue weighted by atomic mass is 32.1. The van der Waals surface area contributed by atoms with Gasteiger partial charge >= 0.3 is 0 Å². The van der Waals surface area contributed by atoms with Crippen LogP contribution in [0.15, 0.2) is 28.8 Å². The van der Waals surface area contributed by atoms with Crippen LogP contribution in [0.5, 0.6) is 0 Å². The third-order valence-electron chi connectivity index (χ3n) is 3.76. The molecular formula is C17H28N6S. The lowest BCUT2D eigenvalue weighted by atomic mass is 10.2. The molecular weight excluding hydrogens is 320 g/mol. The molecule has 0 bridgehead atoms. The third kappa shape index (κ3) is 5.33. The van der Waals surface area contributed by atoms with Gasteiger partial charge in [-0.3, -0.25) is 4.99 Å². The molecule has 0 aliphatic heterocycles. The Morgan fingerprint density at radius 2 is 2.25 bits per heavy atom. The maximum absolute atomic E-state index is 4.66. The Morgan fingerprint density at radius 1 is 1.38 bits per heavy atom. The summed E-state index contributed by atoms with van der Waals surface area (Å²) in [5.41, 5.74) is 0. The van der Waals surface area contributed by atoms with E-state index in [1.165, 1.54) is 4.88 Å². The fraction of sp³-hybridized carbons (Fsp3) is 0.588. The molecule has 0 aliphatic rings. The molecule has 2 rings (SSSR count). The molecule has 2 aromatic rings. The predicted molar refractivity (Wildman–Crippen MR) is 100 cm³/mol. The van der Waals surface area contributed by atoms with E-state index in [-0.39, 0.29) is 0 Å². The summed E-state index contributed by atoms with van der Waals surface area (Å²) in [5, 5.41) is 17.2. The van der Waals surface area contributed by atoms with E-state index in [2.05, 4.69) is 68.7 Å². The minimum Gasteiger partial charge on any atom is -0.355 e. The minimum atomic E-state index is 0.300. The zero-order valence-corrected chi connectivity index (χ0v) is 15.6. The molecule has 2 heterocycles. The zero-order valence-electron chi connectivity index (χ0n) is 14.8. The second-order valence-corrected chi connectivity index (χ2v) is 6.55. The highest BCUT2D eigenvalue weighted by Crippen LogP contribution is 2.21. The molecule has 0 fully saturated rings.